The lowest BCUT2D eigenvalue weighted by atomic mass is 9.58. The van der Waals surface area contributed by atoms with Crippen LogP contribution in [-0.2, 0) is 21.8 Å². The van der Waals surface area contributed by atoms with Crippen LogP contribution in [0.4, 0.5) is 0 Å². The van der Waals surface area contributed by atoms with Crippen LogP contribution in [0.25, 0.3) is 0 Å². The van der Waals surface area contributed by atoms with Crippen LogP contribution < -0.4 is 5.73 Å². The van der Waals surface area contributed by atoms with Gasteiger partial charge in [-0.15, -0.1) is 0 Å². The summed E-state index contributed by atoms with van der Waals surface area (Å²) in [6.45, 7) is 0. The number of aliphatic hydroxyl groups excluding tert-OH is 2. The smallest absolute Gasteiger partial charge is 0.255 e. The number of likely N-dealkylation sites (N-methyl/N-ethyl adjacent to an activating group) is 1. The number of allylic oxidation sites excluding steroid dienone is 1. The van der Waals surface area contributed by atoms with Crippen molar-refractivity contribution in [3.63, 3.8) is 0 Å². The Morgan fingerprint density at radius 2 is 1.94 bits per heavy atom. The highest BCUT2D eigenvalue weighted by atomic mass is 127. The fourth-order valence-electron chi connectivity index (χ4n) is 5.59. The van der Waals surface area contributed by atoms with Gasteiger partial charge in [0, 0.05) is 26.4 Å². The van der Waals surface area contributed by atoms with Crippen LogP contribution in [0.2, 0.25) is 0 Å². The summed E-state index contributed by atoms with van der Waals surface area (Å²) in [7, 11) is 3.20. The van der Waals surface area contributed by atoms with Crippen molar-refractivity contribution in [2.45, 2.75) is 30.2 Å². The van der Waals surface area contributed by atoms with Crippen molar-refractivity contribution in [3.8, 4) is 5.75 Å². The number of halogens is 1. The molecule has 0 bridgehead atoms. The summed E-state index contributed by atoms with van der Waals surface area (Å²) in [6.07, 6.45) is 2.24. The molecule has 0 radical (unpaired) electrons. The van der Waals surface area contributed by atoms with Crippen molar-refractivity contribution < 1.29 is 34.8 Å². The van der Waals surface area contributed by atoms with Gasteiger partial charge in [0.15, 0.2) is 11.4 Å². The molecule has 0 fully saturated rings. The van der Waals surface area contributed by atoms with Gasteiger partial charge in [-0.25, -0.2) is 0 Å². The number of thioether (sulfide) groups is 1. The second-order valence-electron chi connectivity index (χ2n) is 9.12. The van der Waals surface area contributed by atoms with E-state index in [9.17, 15) is 34.8 Å². The molecule has 182 valence electrons. The molecule has 34 heavy (non-hydrogen) atoms. The fraction of sp³-hybridized carbons (Fsp3) is 0.435. The van der Waals surface area contributed by atoms with E-state index in [0.29, 0.717) is 23.3 Å². The number of ketones is 2. The van der Waals surface area contributed by atoms with E-state index in [4.69, 9.17) is 5.73 Å². The zero-order valence-electron chi connectivity index (χ0n) is 18.8. The average molecular weight is 600 g/mol. The Balaban J connectivity index is 1.96. The molecule has 4 rings (SSSR count). The van der Waals surface area contributed by atoms with Crippen molar-refractivity contribution in [2.24, 2.45) is 17.6 Å². The number of phenols is 1. The van der Waals surface area contributed by atoms with Crippen LogP contribution in [0, 0.1) is 15.4 Å². The number of hydrogen-bond acceptors (Lipinski definition) is 9. The molecule has 4 unspecified atom stereocenters. The summed E-state index contributed by atoms with van der Waals surface area (Å²) in [4.78, 5) is 40.4. The van der Waals surface area contributed by atoms with E-state index in [1.165, 1.54) is 16.7 Å². The van der Waals surface area contributed by atoms with E-state index in [1.54, 1.807) is 14.1 Å². The van der Waals surface area contributed by atoms with E-state index in [1.807, 2.05) is 12.3 Å². The summed E-state index contributed by atoms with van der Waals surface area (Å²) in [5.41, 5.74) is 3.02. The second kappa shape index (κ2) is 8.54. The molecule has 11 heteroatoms. The highest BCUT2D eigenvalue weighted by Gasteiger charge is 2.63. The van der Waals surface area contributed by atoms with Gasteiger partial charge in [0.05, 0.1) is 11.6 Å². The number of benzene rings is 1. The Morgan fingerprint density at radius 3 is 2.50 bits per heavy atom. The number of carbonyl (C=O) groups excluding carboxylic acids is 3. The third kappa shape index (κ3) is 3.31. The molecule has 3 aliphatic carbocycles. The molecule has 3 aliphatic rings. The Kier molecular flexibility index (Phi) is 6.28. The van der Waals surface area contributed by atoms with Gasteiger partial charge in [-0.1, -0.05) is 0 Å². The molecule has 1 aromatic carbocycles. The van der Waals surface area contributed by atoms with Crippen molar-refractivity contribution in [3.05, 3.63) is 49.0 Å². The molecule has 0 aromatic heterocycles. The summed E-state index contributed by atoms with van der Waals surface area (Å²) >= 11 is 3.59. The highest BCUT2D eigenvalue weighted by molar-refractivity contribution is 14.1. The molecule has 1 aromatic rings. The lowest BCUT2D eigenvalue weighted by molar-refractivity contribution is -0.148. The summed E-state index contributed by atoms with van der Waals surface area (Å²) in [6, 6.07) is 0.828. The highest BCUT2D eigenvalue weighted by Crippen LogP contribution is 2.52. The predicted molar refractivity (Wildman–Crippen MR) is 134 cm³/mol. The van der Waals surface area contributed by atoms with Crippen LogP contribution in [0.3, 0.4) is 0 Å². The van der Waals surface area contributed by atoms with Gasteiger partial charge >= 0.3 is 0 Å². The van der Waals surface area contributed by atoms with Gasteiger partial charge in [0.25, 0.3) is 5.91 Å². The molecular formula is C23H25IN2O7S. The number of aromatic hydroxyl groups is 1. The minimum Gasteiger partial charge on any atom is -0.510 e. The monoisotopic (exact) mass is 600 g/mol. The quantitative estimate of drug-likeness (QED) is 0.255. The number of Topliss-reactive ketones (excluding diaryl/α,β-unsaturated/α-hetero) is 2. The third-order valence-corrected chi connectivity index (χ3v) is 8.61. The molecule has 0 heterocycles. The normalized spacial score (nSPS) is 28.7. The van der Waals surface area contributed by atoms with E-state index < -0.39 is 58.0 Å². The van der Waals surface area contributed by atoms with Crippen LogP contribution in [0.5, 0.6) is 5.75 Å². The molecule has 9 nitrogen and oxygen atoms in total. The van der Waals surface area contributed by atoms with Crippen LogP contribution >= 0.6 is 34.4 Å². The lowest BCUT2D eigenvalue weighted by Crippen LogP contribution is -2.63. The standard InChI is InChI=1S/C23H25IN2O7S/c1-26(2)16-11-5-8-4-10-12(24)6-9(7-34-3)17(27)14(10)18(28)13(8)20(30)23(11,33)21(31)15(19(16)29)22(25)32/h6,8,11,16,27,29-30,33H,4-5,7H2,1-3H3,(H2,25,32). The van der Waals surface area contributed by atoms with Gasteiger partial charge in [-0.2, -0.15) is 11.8 Å². The molecule has 0 aliphatic heterocycles. The average Bonchev–Trinajstić information content (AvgIpc) is 2.74. The molecule has 0 spiro atoms. The first-order chi connectivity index (χ1) is 15.9. The molecule has 0 saturated carbocycles. The van der Waals surface area contributed by atoms with Crippen molar-refractivity contribution in [1.82, 2.24) is 4.90 Å². The van der Waals surface area contributed by atoms with Gasteiger partial charge in [-0.3, -0.25) is 19.3 Å². The number of nitrogens with zero attached hydrogens (tertiary/aromatic N) is 1. The number of rotatable bonds is 4. The van der Waals surface area contributed by atoms with Gasteiger partial charge in [0.2, 0.25) is 5.78 Å². The van der Waals surface area contributed by atoms with Crippen molar-refractivity contribution >= 4 is 51.8 Å². The largest absolute Gasteiger partial charge is 0.510 e. The number of amides is 1. The lowest BCUT2D eigenvalue weighted by Gasteiger charge is -2.50. The molecule has 1 amide bonds. The van der Waals surface area contributed by atoms with E-state index in [2.05, 4.69) is 22.6 Å². The first-order valence-electron chi connectivity index (χ1n) is 10.5. The minimum absolute atomic E-state index is 0.0525. The fourth-order valence-corrected chi connectivity index (χ4v) is 6.99. The van der Waals surface area contributed by atoms with E-state index >= 15 is 0 Å². The Bertz CT molecular complexity index is 1210. The van der Waals surface area contributed by atoms with E-state index in [-0.39, 0.29) is 23.3 Å². The molecular weight excluding hydrogens is 575 g/mol. The first-order valence-corrected chi connectivity index (χ1v) is 13.0. The maximum Gasteiger partial charge on any atom is 0.255 e. The number of carbonyl (C=O) groups is 3. The van der Waals surface area contributed by atoms with Crippen LogP contribution in [0.1, 0.15) is 27.9 Å². The maximum atomic E-state index is 13.6. The number of phenolic OH excluding ortho intramolecular Hbond substituents is 1. The van der Waals surface area contributed by atoms with Crippen molar-refractivity contribution in [2.75, 3.05) is 20.4 Å². The minimum atomic E-state index is -2.62. The van der Waals surface area contributed by atoms with Gasteiger partial charge in [-0.05, 0) is 73.3 Å². The zero-order chi connectivity index (χ0) is 25.3. The Labute approximate surface area is 213 Å². The maximum absolute atomic E-state index is 13.6. The Hall–Kier alpha value is -2.09. The summed E-state index contributed by atoms with van der Waals surface area (Å²) in [5, 5.41) is 44.5. The number of nitrogens with two attached hydrogens (primary N) is 1. The number of fused-ring (bicyclic) bond motifs is 3. The predicted octanol–water partition coefficient (Wildman–Crippen LogP) is 1.59. The first kappa shape index (κ1) is 25.0. The SMILES string of the molecule is CSCc1cc(I)c2c(c1O)C(=O)C1=C(O)C3(O)C(=O)C(C(N)=O)=C(O)C(N(C)C)C3CC1C2. The number of aliphatic hydroxyl groups is 3. The molecule has 0 saturated heterocycles. The summed E-state index contributed by atoms with van der Waals surface area (Å²) in [5.74, 6) is -5.87. The topological polar surface area (TPSA) is 161 Å². The van der Waals surface area contributed by atoms with Gasteiger partial charge < -0.3 is 26.2 Å². The number of primary amides is 1. The zero-order valence-corrected chi connectivity index (χ0v) is 21.7. The second-order valence-corrected chi connectivity index (χ2v) is 11.1. The van der Waals surface area contributed by atoms with Crippen LogP contribution in [0.15, 0.2) is 28.7 Å². The van der Waals surface area contributed by atoms with Crippen LogP contribution in [-0.4, -0.2) is 74.8 Å². The van der Waals surface area contributed by atoms with E-state index in [0.717, 1.165) is 3.57 Å². The summed E-state index contributed by atoms with van der Waals surface area (Å²) < 4.78 is 0.796. The van der Waals surface area contributed by atoms with Gasteiger partial charge in [0.1, 0.15) is 22.8 Å². The Morgan fingerprint density at radius 1 is 1.29 bits per heavy atom. The molecule has 4 atom stereocenters. The molecule has 6 N–H and O–H groups in total. The third-order valence-electron chi connectivity index (χ3n) is 7.05. The number of hydrogen-bond donors (Lipinski definition) is 5. The van der Waals surface area contributed by atoms with Crippen molar-refractivity contribution in [1.29, 1.82) is 0 Å².